The number of hydrogen-bond acceptors (Lipinski definition) is 1. The molecule has 1 aromatic heterocycles. The summed E-state index contributed by atoms with van der Waals surface area (Å²) in [6, 6.07) is 7.60. The number of hydrogen-bond donors (Lipinski definition) is 0. The van der Waals surface area contributed by atoms with E-state index in [-0.39, 0.29) is 0 Å². The SMILES string of the molecule is Cc1cc(C(F)(F)F)nn1-c1ccccc1Cl. The standard InChI is InChI=1S/C11H8ClF3N2/c1-7-6-10(11(13,14)15)16-17(7)9-5-3-2-4-8(9)12/h2-6H,1H3. The van der Waals surface area contributed by atoms with Gasteiger partial charge in [0.25, 0.3) is 0 Å². The van der Waals surface area contributed by atoms with E-state index in [1.54, 1.807) is 31.2 Å². The van der Waals surface area contributed by atoms with Gasteiger partial charge < -0.3 is 0 Å². The zero-order valence-corrected chi connectivity index (χ0v) is 9.55. The third-order valence-electron chi connectivity index (χ3n) is 2.26. The van der Waals surface area contributed by atoms with Gasteiger partial charge in [0.05, 0.1) is 10.7 Å². The first-order chi connectivity index (χ1) is 7.89. The van der Waals surface area contributed by atoms with Crippen LogP contribution in [0.25, 0.3) is 5.69 Å². The van der Waals surface area contributed by atoms with Crippen molar-refractivity contribution in [3.05, 3.63) is 46.7 Å². The average molecular weight is 261 g/mol. The van der Waals surface area contributed by atoms with Crippen LogP contribution in [0, 0.1) is 6.92 Å². The lowest BCUT2D eigenvalue weighted by Gasteiger charge is -2.06. The molecular weight excluding hydrogens is 253 g/mol. The largest absolute Gasteiger partial charge is 0.435 e. The molecule has 1 heterocycles. The second kappa shape index (κ2) is 4.07. The summed E-state index contributed by atoms with van der Waals surface area (Å²) in [5.41, 5.74) is -0.109. The minimum absolute atomic E-state index is 0.354. The first kappa shape index (κ1) is 12.0. The van der Waals surface area contributed by atoms with E-state index in [0.717, 1.165) is 6.07 Å². The fraction of sp³-hybridized carbons (Fsp3) is 0.182. The summed E-state index contributed by atoms with van der Waals surface area (Å²) in [6.07, 6.45) is -4.45. The summed E-state index contributed by atoms with van der Waals surface area (Å²) in [5, 5.41) is 3.87. The van der Waals surface area contributed by atoms with Crippen LogP contribution in [0.4, 0.5) is 13.2 Å². The molecule has 2 aromatic rings. The number of alkyl halides is 3. The molecule has 17 heavy (non-hydrogen) atoms. The maximum Gasteiger partial charge on any atom is 0.435 e. The van der Waals surface area contributed by atoms with Crippen molar-refractivity contribution in [3.63, 3.8) is 0 Å². The van der Waals surface area contributed by atoms with Crippen molar-refractivity contribution in [1.29, 1.82) is 0 Å². The molecule has 0 aliphatic carbocycles. The van der Waals surface area contributed by atoms with Crippen LogP contribution in [0.15, 0.2) is 30.3 Å². The van der Waals surface area contributed by atoms with Crippen LogP contribution >= 0.6 is 11.6 Å². The van der Waals surface area contributed by atoms with Crippen molar-refractivity contribution in [3.8, 4) is 5.69 Å². The van der Waals surface area contributed by atoms with Gasteiger partial charge in [-0.25, -0.2) is 4.68 Å². The summed E-state index contributed by atoms with van der Waals surface area (Å²) in [5.74, 6) is 0. The average Bonchev–Trinajstić information content (AvgIpc) is 2.61. The Kier molecular flexibility index (Phi) is 2.87. The Hall–Kier alpha value is -1.49. The van der Waals surface area contributed by atoms with Gasteiger partial charge in [-0.2, -0.15) is 18.3 Å². The molecule has 0 saturated carbocycles. The third kappa shape index (κ3) is 2.29. The van der Waals surface area contributed by atoms with Gasteiger partial charge >= 0.3 is 6.18 Å². The Morgan fingerprint density at radius 3 is 2.41 bits per heavy atom. The number of rotatable bonds is 1. The van der Waals surface area contributed by atoms with Crippen molar-refractivity contribution in [2.45, 2.75) is 13.1 Å². The molecule has 0 bridgehead atoms. The molecule has 0 fully saturated rings. The molecule has 0 N–H and O–H groups in total. The first-order valence-corrected chi connectivity index (χ1v) is 5.16. The quantitative estimate of drug-likeness (QED) is 0.761. The van der Waals surface area contributed by atoms with Crippen molar-refractivity contribution < 1.29 is 13.2 Å². The molecule has 0 unspecified atom stereocenters. The van der Waals surface area contributed by atoms with E-state index in [9.17, 15) is 13.2 Å². The molecule has 0 aliphatic rings. The molecule has 2 nitrogen and oxygen atoms in total. The predicted octanol–water partition coefficient (Wildman–Crippen LogP) is 3.85. The van der Waals surface area contributed by atoms with E-state index in [4.69, 9.17) is 11.6 Å². The van der Waals surface area contributed by atoms with E-state index in [1.807, 2.05) is 0 Å². The van der Waals surface area contributed by atoms with Crippen molar-refractivity contribution in [1.82, 2.24) is 9.78 Å². The fourth-order valence-corrected chi connectivity index (χ4v) is 1.70. The minimum atomic E-state index is -4.45. The molecule has 0 amide bonds. The van der Waals surface area contributed by atoms with E-state index < -0.39 is 11.9 Å². The van der Waals surface area contributed by atoms with Crippen LogP contribution in [0.3, 0.4) is 0 Å². The Morgan fingerprint density at radius 2 is 1.88 bits per heavy atom. The maximum absolute atomic E-state index is 12.5. The summed E-state index contributed by atoms with van der Waals surface area (Å²) < 4.78 is 38.7. The number of halogens is 4. The van der Waals surface area contributed by atoms with Gasteiger partial charge in [0, 0.05) is 5.69 Å². The fourth-order valence-electron chi connectivity index (χ4n) is 1.48. The summed E-state index contributed by atoms with van der Waals surface area (Å²) in [6.45, 7) is 1.55. The zero-order valence-electron chi connectivity index (χ0n) is 8.79. The molecule has 90 valence electrons. The number of aromatic nitrogens is 2. The highest BCUT2D eigenvalue weighted by Gasteiger charge is 2.34. The smallest absolute Gasteiger partial charge is 0.236 e. The predicted molar refractivity (Wildman–Crippen MR) is 58.3 cm³/mol. The van der Waals surface area contributed by atoms with Gasteiger partial charge in [0.2, 0.25) is 0 Å². The van der Waals surface area contributed by atoms with E-state index in [2.05, 4.69) is 5.10 Å². The molecule has 0 spiro atoms. The summed E-state index contributed by atoms with van der Waals surface area (Å²) in [4.78, 5) is 0. The van der Waals surface area contributed by atoms with E-state index >= 15 is 0 Å². The minimum Gasteiger partial charge on any atom is -0.236 e. The second-order valence-corrected chi connectivity index (χ2v) is 3.94. The highest BCUT2D eigenvalue weighted by Crippen LogP contribution is 2.30. The maximum atomic E-state index is 12.5. The van der Waals surface area contributed by atoms with Crippen LogP contribution in [-0.2, 0) is 6.18 Å². The van der Waals surface area contributed by atoms with Gasteiger partial charge in [0.15, 0.2) is 5.69 Å². The molecule has 6 heteroatoms. The summed E-state index contributed by atoms with van der Waals surface area (Å²) >= 11 is 5.91. The van der Waals surface area contributed by atoms with Crippen LogP contribution < -0.4 is 0 Å². The Bertz CT molecular complexity index is 546. The van der Waals surface area contributed by atoms with Crippen LogP contribution in [-0.4, -0.2) is 9.78 Å². The monoisotopic (exact) mass is 260 g/mol. The number of nitrogens with zero attached hydrogens (tertiary/aromatic N) is 2. The van der Waals surface area contributed by atoms with Gasteiger partial charge in [-0.05, 0) is 25.1 Å². The van der Waals surface area contributed by atoms with Gasteiger partial charge in [-0.1, -0.05) is 23.7 Å². The van der Waals surface area contributed by atoms with Crippen LogP contribution in [0.5, 0.6) is 0 Å². The van der Waals surface area contributed by atoms with Crippen molar-refractivity contribution >= 4 is 11.6 Å². The second-order valence-electron chi connectivity index (χ2n) is 3.53. The Balaban J connectivity index is 2.55. The number of benzene rings is 1. The normalized spacial score (nSPS) is 11.8. The van der Waals surface area contributed by atoms with Gasteiger partial charge in [0.1, 0.15) is 0 Å². The molecule has 1 aromatic carbocycles. The van der Waals surface area contributed by atoms with Gasteiger partial charge in [-0.15, -0.1) is 0 Å². The first-order valence-electron chi connectivity index (χ1n) is 4.78. The molecular formula is C11H8ClF3N2. The third-order valence-corrected chi connectivity index (χ3v) is 2.58. The lowest BCUT2D eigenvalue weighted by Crippen LogP contribution is -2.07. The van der Waals surface area contributed by atoms with E-state index in [1.165, 1.54) is 4.68 Å². The topological polar surface area (TPSA) is 17.8 Å². The molecule has 0 saturated heterocycles. The highest BCUT2D eigenvalue weighted by atomic mass is 35.5. The Morgan fingerprint density at radius 1 is 1.24 bits per heavy atom. The highest BCUT2D eigenvalue weighted by molar-refractivity contribution is 6.32. The van der Waals surface area contributed by atoms with Crippen molar-refractivity contribution in [2.75, 3.05) is 0 Å². The zero-order chi connectivity index (χ0) is 12.6. The lowest BCUT2D eigenvalue weighted by molar-refractivity contribution is -0.141. The van der Waals surface area contributed by atoms with E-state index in [0.29, 0.717) is 16.4 Å². The molecule has 0 atom stereocenters. The molecule has 0 aliphatic heterocycles. The number of para-hydroxylation sites is 1. The van der Waals surface area contributed by atoms with Crippen LogP contribution in [0.2, 0.25) is 5.02 Å². The van der Waals surface area contributed by atoms with Crippen molar-refractivity contribution in [2.24, 2.45) is 0 Å². The Labute approximate surface area is 101 Å². The summed E-state index contributed by atoms with van der Waals surface area (Å²) in [7, 11) is 0. The number of aryl methyl sites for hydroxylation is 1. The molecule has 2 rings (SSSR count). The molecule has 0 radical (unpaired) electrons. The van der Waals surface area contributed by atoms with Crippen LogP contribution in [0.1, 0.15) is 11.4 Å². The van der Waals surface area contributed by atoms with Gasteiger partial charge in [-0.3, -0.25) is 0 Å². The lowest BCUT2D eigenvalue weighted by atomic mass is 10.3.